The predicted molar refractivity (Wildman–Crippen MR) is 165 cm³/mol. The summed E-state index contributed by atoms with van der Waals surface area (Å²) in [5.41, 5.74) is 1.89. The first-order valence-electron chi connectivity index (χ1n) is 13.5. The Morgan fingerprint density at radius 3 is 2.42 bits per heavy atom. The van der Waals surface area contributed by atoms with Gasteiger partial charge in [0.1, 0.15) is 5.69 Å². The van der Waals surface area contributed by atoms with Gasteiger partial charge in [-0.25, -0.2) is 0 Å². The summed E-state index contributed by atoms with van der Waals surface area (Å²) < 4.78 is 7.28. The summed E-state index contributed by atoms with van der Waals surface area (Å²) >= 11 is 0. The normalized spacial score (nSPS) is 13.0. The number of ether oxygens (including phenoxy) is 1. The van der Waals surface area contributed by atoms with E-state index in [1.807, 2.05) is 19.0 Å². The van der Waals surface area contributed by atoms with Gasteiger partial charge < -0.3 is 30.5 Å². The second-order valence-corrected chi connectivity index (χ2v) is 10.7. The van der Waals surface area contributed by atoms with Gasteiger partial charge in [-0.3, -0.25) is 19.1 Å². The van der Waals surface area contributed by atoms with Gasteiger partial charge >= 0.3 is 0 Å². The molecule has 1 aliphatic rings. The molecule has 1 saturated carbocycles. The fourth-order valence-electron chi connectivity index (χ4n) is 4.19. The maximum absolute atomic E-state index is 13.1. The third-order valence-corrected chi connectivity index (χ3v) is 6.63. The molecule has 3 aromatic rings. The van der Waals surface area contributed by atoms with E-state index < -0.39 is 11.1 Å². The number of benzene rings is 1. The zero-order valence-corrected chi connectivity index (χ0v) is 24.8. The number of nitrogens with one attached hydrogen (secondary N) is 3. The minimum Gasteiger partial charge on any atom is -0.494 e. The number of aryl methyl sites for hydroxylation is 1. The van der Waals surface area contributed by atoms with Gasteiger partial charge in [-0.05, 0) is 45.1 Å². The van der Waals surface area contributed by atoms with E-state index in [-0.39, 0.29) is 34.9 Å². The van der Waals surface area contributed by atoms with E-state index in [2.05, 4.69) is 31.2 Å². The summed E-state index contributed by atoms with van der Waals surface area (Å²) in [6.07, 6.45) is 1.60. The van der Waals surface area contributed by atoms with Crippen LogP contribution in [-0.4, -0.2) is 118 Å². The second-order valence-electron chi connectivity index (χ2n) is 10.7. The fourth-order valence-corrected chi connectivity index (χ4v) is 4.19. The molecule has 2 heterocycles. The Balaban J connectivity index is 1.68. The molecule has 0 unspecified atom stereocenters. The number of carbonyl (C=O) groups is 3. The standard InChI is InChI=1S/C27H32B3N9O4/c1-37(2)11-12-38(3)26(42)20-13-18(36-39(20)4)16-7-6-8-17(23(16)43-5)31-19-14-21(32-24(40)15-9-10-15)34-35-22(19)25(41)33-27(28,29)30/h6-8,13-15H,9-12H2,1-5H3,(H,33,41)(H2,31,32,34,40). The van der Waals surface area contributed by atoms with Crippen LogP contribution in [0.25, 0.3) is 11.3 Å². The monoisotopic (exact) mass is 579 g/mol. The lowest BCUT2D eigenvalue weighted by Gasteiger charge is -2.23. The molecular formula is C27H32B3N9O4. The molecule has 43 heavy (non-hydrogen) atoms. The lowest BCUT2D eigenvalue weighted by Crippen LogP contribution is -2.50. The van der Waals surface area contributed by atoms with Crippen LogP contribution in [0.3, 0.4) is 0 Å². The first-order chi connectivity index (χ1) is 20.3. The van der Waals surface area contributed by atoms with Crippen molar-refractivity contribution in [3.63, 3.8) is 0 Å². The van der Waals surface area contributed by atoms with Crippen molar-refractivity contribution in [2.45, 2.75) is 18.1 Å². The molecule has 1 fully saturated rings. The number of para-hydroxylation sites is 1. The van der Waals surface area contributed by atoms with Gasteiger partial charge in [-0.2, -0.15) is 5.10 Å². The van der Waals surface area contributed by atoms with E-state index in [1.54, 1.807) is 43.3 Å². The summed E-state index contributed by atoms with van der Waals surface area (Å²) in [6.45, 7) is 1.26. The number of methoxy groups -OCH3 is 1. The van der Waals surface area contributed by atoms with Gasteiger partial charge in [-0.15, -0.1) is 10.2 Å². The molecule has 16 heteroatoms. The molecule has 0 aliphatic heterocycles. The number of amides is 3. The Kier molecular flexibility index (Phi) is 9.48. The molecule has 0 atom stereocenters. The molecule has 4 rings (SSSR count). The quantitative estimate of drug-likeness (QED) is 0.261. The molecule has 6 radical (unpaired) electrons. The highest BCUT2D eigenvalue weighted by atomic mass is 16.5. The van der Waals surface area contributed by atoms with Crippen molar-refractivity contribution in [2.24, 2.45) is 13.0 Å². The van der Waals surface area contributed by atoms with Crippen LogP contribution in [0.2, 0.25) is 0 Å². The number of aromatic nitrogens is 4. The Hall–Kier alpha value is -4.33. The number of hydrogen-bond donors (Lipinski definition) is 3. The molecule has 3 amide bonds. The van der Waals surface area contributed by atoms with Crippen LogP contribution in [0, 0.1) is 5.92 Å². The van der Waals surface area contributed by atoms with E-state index >= 15 is 0 Å². The van der Waals surface area contributed by atoms with Crippen molar-refractivity contribution in [1.82, 2.24) is 35.1 Å². The Bertz CT molecular complexity index is 1520. The van der Waals surface area contributed by atoms with Crippen LogP contribution >= 0.6 is 0 Å². The van der Waals surface area contributed by atoms with Crippen molar-refractivity contribution in [3.8, 4) is 17.0 Å². The molecule has 0 bridgehead atoms. The Morgan fingerprint density at radius 1 is 1.07 bits per heavy atom. The van der Waals surface area contributed by atoms with Gasteiger partial charge in [0.2, 0.25) is 5.91 Å². The summed E-state index contributed by atoms with van der Waals surface area (Å²) in [4.78, 5) is 42.1. The second kappa shape index (κ2) is 12.9. The molecule has 13 nitrogen and oxygen atoms in total. The highest BCUT2D eigenvalue weighted by Gasteiger charge is 2.30. The van der Waals surface area contributed by atoms with E-state index in [4.69, 9.17) is 28.3 Å². The lowest BCUT2D eigenvalue weighted by molar-refractivity contribution is -0.117. The smallest absolute Gasteiger partial charge is 0.272 e. The van der Waals surface area contributed by atoms with Crippen LogP contribution in [0.5, 0.6) is 5.75 Å². The van der Waals surface area contributed by atoms with E-state index in [9.17, 15) is 14.4 Å². The minimum absolute atomic E-state index is 0.0757. The third kappa shape index (κ3) is 7.95. The summed E-state index contributed by atoms with van der Waals surface area (Å²) in [6, 6.07) is 8.42. The molecule has 0 saturated heterocycles. The SMILES string of the molecule is [B]C([B])([B])NC(=O)c1nnc(NC(=O)C2CC2)cc1Nc1cccc(-c2cc(C(=O)N(C)CCN(C)C)n(C)n2)c1OC. The highest BCUT2D eigenvalue weighted by Crippen LogP contribution is 2.38. The molecule has 1 aliphatic carbocycles. The average Bonchev–Trinajstić information content (AvgIpc) is 3.72. The molecular weight excluding hydrogens is 547 g/mol. The number of rotatable bonds is 12. The van der Waals surface area contributed by atoms with E-state index in [0.29, 0.717) is 41.5 Å². The first-order valence-corrected chi connectivity index (χ1v) is 13.5. The highest BCUT2D eigenvalue weighted by molar-refractivity contribution is 6.60. The van der Waals surface area contributed by atoms with Crippen molar-refractivity contribution in [3.05, 3.63) is 41.7 Å². The average molecular weight is 579 g/mol. The van der Waals surface area contributed by atoms with Crippen LogP contribution in [0.4, 0.5) is 17.2 Å². The fraction of sp³-hybridized carbons (Fsp3) is 0.407. The van der Waals surface area contributed by atoms with Gasteiger partial charge in [0.25, 0.3) is 11.8 Å². The van der Waals surface area contributed by atoms with Crippen molar-refractivity contribution < 1.29 is 19.1 Å². The van der Waals surface area contributed by atoms with Crippen LogP contribution in [0.15, 0.2) is 30.3 Å². The largest absolute Gasteiger partial charge is 0.494 e. The maximum Gasteiger partial charge on any atom is 0.272 e. The summed E-state index contributed by atoms with van der Waals surface area (Å²) in [5.74, 6) is -0.728. The van der Waals surface area contributed by atoms with Crippen LogP contribution in [-0.2, 0) is 11.8 Å². The van der Waals surface area contributed by atoms with Crippen LogP contribution < -0.4 is 20.7 Å². The number of hydrogen-bond acceptors (Lipinski definition) is 9. The van der Waals surface area contributed by atoms with E-state index in [1.165, 1.54) is 17.9 Å². The minimum atomic E-state index is -2.01. The molecule has 1 aromatic carbocycles. The number of carbonyl (C=O) groups excluding carboxylic acids is 3. The zero-order valence-electron chi connectivity index (χ0n) is 24.8. The van der Waals surface area contributed by atoms with Gasteiger partial charge in [-0.1, -0.05) is 11.3 Å². The lowest BCUT2D eigenvalue weighted by atomic mass is 9.49. The Labute approximate surface area is 254 Å². The first kappa shape index (κ1) is 31.6. The zero-order chi connectivity index (χ0) is 31.5. The molecule has 0 spiro atoms. The molecule has 2 aromatic heterocycles. The van der Waals surface area contributed by atoms with Crippen molar-refractivity contribution in [1.29, 1.82) is 0 Å². The maximum atomic E-state index is 13.1. The van der Waals surface area contributed by atoms with Crippen LogP contribution in [0.1, 0.15) is 33.8 Å². The number of nitrogens with zero attached hydrogens (tertiary/aromatic N) is 6. The van der Waals surface area contributed by atoms with Crippen molar-refractivity contribution >= 4 is 58.5 Å². The number of anilines is 3. The third-order valence-electron chi connectivity index (χ3n) is 6.63. The Morgan fingerprint density at radius 2 is 1.79 bits per heavy atom. The van der Waals surface area contributed by atoms with Gasteiger partial charge in [0, 0.05) is 44.7 Å². The van der Waals surface area contributed by atoms with E-state index in [0.717, 1.165) is 12.8 Å². The van der Waals surface area contributed by atoms with Gasteiger partial charge in [0.05, 0.1) is 47.7 Å². The summed E-state index contributed by atoms with van der Waals surface area (Å²) in [7, 11) is 25.5. The number of likely N-dealkylation sites (N-methyl/N-ethyl adjacent to an activating group) is 2. The molecule has 3 N–H and O–H groups in total. The van der Waals surface area contributed by atoms with Crippen molar-refractivity contribution in [2.75, 3.05) is 52.0 Å². The topological polar surface area (TPSA) is 147 Å². The van der Waals surface area contributed by atoms with Gasteiger partial charge in [0.15, 0.2) is 17.3 Å². The predicted octanol–water partition coefficient (Wildman–Crippen LogP) is 0.458. The summed E-state index contributed by atoms with van der Waals surface area (Å²) in [5, 5.41) is 18.6. The molecule has 218 valence electrons.